The third-order valence-corrected chi connectivity index (χ3v) is 4.86. The van der Waals surface area contributed by atoms with Crippen LogP contribution in [0.2, 0.25) is 0 Å². The molecule has 1 fully saturated rings. The van der Waals surface area contributed by atoms with E-state index in [4.69, 9.17) is 0 Å². The second-order valence-electron chi connectivity index (χ2n) is 5.53. The Morgan fingerprint density at radius 3 is 2.85 bits per heavy atom. The Bertz CT molecular complexity index is 472. The normalized spacial score (nSPS) is 25.2. The van der Waals surface area contributed by atoms with Crippen LogP contribution >= 0.6 is 11.3 Å². The number of nitrogens with one attached hydrogen (secondary N) is 1. The van der Waals surface area contributed by atoms with E-state index in [1.54, 1.807) is 11.3 Å². The fourth-order valence-corrected chi connectivity index (χ4v) is 3.20. The van der Waals surface area contributed by atoms with E-state index in [2.05, 4.69) is 5.32 Å². The van der Waals surface area contributed by atoms with Crippen molar-refractivity contribution in [2.45, 2.75) is 52.2 Å². The number of rotatable bonds is 4. The van der Waals surface area contributed by atoms with Gasteiger partial charge in [0.2, 0.25) is 11.8 Å². The molecule has 2 amide bonds. The van der Waals surface area contributed by atoms with Crippen LogP contribution in [0.4, 0.5) is 0 Å². The Morgan fingerprint density at radius 1 is 1.50 bits per heavy atom. The molecule has 3 atom stereocenters. The quantitative estimate of drug-likeness (QED) is 0.927. The number of nitrogens with zero attached hydrogens (tertiary/aromatic N) is 1. The van der Waals surface area contributed by atoms with Crippen LogP contribution in [0.15, 0.2) is 17.5 Å². The van der Waals surface area contributed by atoms with Gasteiger partial charge in [-0.05, 0) is 24.3 Å². The molecule has 1 aliphatic rings. The third kappa shape index (κ3) is 3.20. The van der Waals surface area contributed by atoms with Crippen LogP contribution in [-0.4, -0.2) is 28.8 Å². The summed E-state index contributed by atoms with van der Waals surface area (Å²) in [7, 11) is 0. The average molecular weight is 294 g/mol. The highest BCUT2D eigenvalue weighted by Gasteiger charge is 2.36. The predicted octanol–water partition coefficient (Wildman–Crippen LogP) is 2.40. The van der Waals surface area contributed by atoms with Gasteiger partial charge in [-0.3, -0.25) is 9.59 Å². The molecule has 1 N–H and O–H groups in total. The number of hydrogen-bond acceptors (Lipinski definition) is 3. The molecule has 0 spiro atoms. The van der Waals surface area contributed by atoms with E-state index in [1.807, 2.05) is 43.2 Å². The van der Waals surface area contributed by atoms with Crippen LogP contribution in [0, 0.1) is 5.92 Å². The highest BCUT2D eigenvalue weighted by molar-refractivity contribution is 7.09. The van der Waals surface area contributed by atoms with Gasteiger partial charge in [-0.15, -0.1) is 11.3 Å². The molecule has 1 aromatic rings. The summed E-state index contributed by atoms with van der Waals surface area (Å²) in [6.45, 7) is 6.60. The smallest absolute Gasteiger partial charge is 0.246 e. The standard InChI is InChI=1S/C15H22N2O2S/c1-4-10(2)14-15(19)17(9-12-6-5-7-20-12)11(3)8-13(18)16-14/h5-7,10-11,14H,4,8-9H2,1-3H3,(H,16,18). The molecule has 1 aliphatic heterocycles. The Labute approximate surface area is 124 Å². The van der Waals surface area contributed by atoms with Crippen molar-refractivity contribution in [1.29, 1.82) is 0 Å². The largest absolute Gasteiger partial charge is 0.344 e. The fraction of sp³-hybridized carbons (Fsp3) is 0.600. The Balaban J connectivity index is 2.22. The molecule has 1 saturated heterocycles. The van der Waals surface area contributed by atoms with E-state index in [0.29, 0.717) is 13.0 Å². The number of carbonyl (C=O) groups excluding carboxylic acids is 2. The minimum absolute atomic E-state index is 0.0233. The van der Waals surface area contributed by atoms with E-state index < -0.39 is 6.04 Å². The zero-order valence-electron chi connectivity index (χ0n) is 12.3. The van der Waals surface area contributed by atoms with E-state index in [0.717, 1.165) is 11.3 Å². The molecule has 0 aromatic carbocycles. The predicted molar refractivity (Wildman–Crippen MR) is 80.3 cm³/mol. The first-order valence-electron chi connectivity index (χ1n) is 7.15. The molecule has 0 aliphatic carbocycles. The van der Waals surface area contributed by atoms with E-state index in [1.165, 1.54) is 0 Å². The van der Waals surface area contributed by atoms with Crippen LogP contribution in [0.1, 0.15) is 38.5 Å². The van der Waals surface area contributed by atoms with Crippen molar-refractivity contribution in [3.63, 3.8) is 0 Å². The molecule has 3 unspecified atom stereocenters. The lowest BCUT2D eigenvalue weighted by Crippen LogP contribution is -2.49. The molecule has 0 bridgehead atoms. The summed E-state index contributed by atoms with van der Waals surface area (Å²) in [6.07, 6.45) is 1.25. The van der Waals surface area contributed by atoms with Crippen molar-refractivity contribution in [3.8, 4) is 0 Å². The van der Waals surface area contributed by atoms with Gasteiger partial charge < -0.3 is 10.2 Å². The van der Waals surface area contributed by atoms with Gasteiger partial charge in [-0.1, -0.05) is 26.3 Å². The first kappa shape index (κ1) is 15.0. The van der Waals surface area contributed by atoms with Gasteiger partial charge in [0.15, 0.2) is 0 Å². The van der Waals surface area contributed by atoms with Gasteiger partial charge in [0.25, 0.3) is 0 Å². The topological polar surface area (TPSA) is 49.4 Å². The molecule has 5 heteroatoms. The summed E-state index contributed by atoms with van der Waals surface area (Å²) in [5.41, 5.74) is 0. The molecule has 2 heterocycles. The highest BCUT2D eigenvalue weighted by atomic mass is 32.1. The number of thiophene rings is 1. The molecule has 0 saturated carbocycles. The fourth-order valence-electron chi connectivity index (χ4n) is 2.49. The summed E-state index contributed by atoms with van der Waals surface area (Å²) >= 11 is 1.64. The van der Waals surface area contributed by atoms with Gasteiger partial charge in [-0.25, -0.2) is 0 Å². The Kier molecular flexibility index (Phi) is 4.81. The first-order chi connectivity index (χ1) is 9.52. The second-order valence-corrected chi connectivity index (χ2v) is 6.56. The van der Waals surface area contributed by atoms with Crippen LogP contribution in [0.25, 0.3) is 0 Å². The second kappa shape index (κ2) is 6.39. The average Bonchev–Trinajstić information content (AvgIpc) is 2.89. The third-order valence-electron chi connectivity index (χ3n) is 4.00. The van der Waals surface area contributed by atoms with Gasteiger partial charge in [0.05, 0.1) is 6.54 Å². The van der Waals surface area contributed by atoms with E-state index >= 15 is 0 Å². The van der Waals surface area contributed by atoms with Crippen LogP contribution in [-0.2, 0) is 16.1 Å². The van der Waals surface area contributed by atoms with Gasteiger partial charge >= 0.3 is 0 Å². The van der Waals surface area contributed by atoms with Gasteiger partial charge in [-0.2, -0.15) is 0 Å². The lowest BCUT2D eigenvalue weighted by molar-refractivity contribution is -0.136. The van der Waals surface area contributed by atoms with Crippen molar-refractivity contribution < 1.29 is 9.59 Å². The molecule has 0 radical (unpaired) electrons. The Hall–Kier alpha value is -1.36. The van der Waals surface area contributed by atoms with Gasteiger partial charge in [0, 0.05) is 17.3 Å². The number of carbonyl (C=O) groups is 2. The van der Waals surface area contributed by atoms with Crippen LogP contribution < -0.4 is 5.32 Å². The summed E-state index contributed by atoms with van der Waals surface area (Å²) in [6, 6.07) is 3.57. The summed E-state index contributed by atoms with van der Waals surface area (Å²) in [5, 5.41) is 4.90. The van der Waals surface area contributed by atoms with Crippen molar-refractivity contribution in [2.24, 2.45) is 5.92 Å². The molecule has 110 valence electrons. The summed E-state index contributed by atoms with van der Waals surface area (Å²) < 4.78 is 0. The minimum atomic E-state index is -0.391. The van der Waals surface area contributed by atoms with E-state index in [-0.39, 0.29) is 23.8 Å². The summed E-state index contributed by atoms with van der Waals surface area (Å²) in [4.78, 5) is 27.7. The maximum atomic E-state index is 12.7. The van der Waals surface area contributed by atoms with Crippen molar-refractivity contribution in [3.05, 3.63) is 22.4 Å². The van der Waals surface area contributed by atoms with Crippen LogP contribution in [0.3, 0.4) is 0 Å². The van der Waals surface area contributed by atoms with Crippen LogP contribution in [0.5, 0.6) is 0 Å². The highest BCUT2D eigenvalue weighted by Crippen LogP contribution is 2.21. The van der Waals surface area contributed by atoms with Crippen molar-refractivity contribution in [1.82, 2.24) is 10.2 Å². The Morgan fingerprint density at radius 2 is 2.25 bits per heavy atom. The molecular formula is C15H22N2O2S. The number of hydrogen-bond donors (Lipinski definition) is 1. The minimum Gasteiger partial charge on any atom is -0.344 e. The lowest BCUT2D eigenvalue weighted by atomic mass is 9.98. The SMILES string of the molecule is CCC(C)C1NC(=O)CC(C)N(Cc2cccs2)C1=O. The van der Waals surface area contributed by atoms with E-state index in [9.17, 15) is 9.59 Å². The lowest BCUT2D eigenvalue weighted by Gasteiger charge is -2.30. The monoisotopic (exact) mass is 294 g/mol. The number of amides is 2. The molecule has 2 rings (SSSR count). The molecule has 1 aromatic heterocycles. The molecular weight excluding hydrogens is 272 g/mol. The first-order valence-corrected chi connectivity index (χ1v) is 8.03. The summed E-state index contributed by atoms with van der Waals surface area (Å²) in [5.74, 6) is 0.179. The zero-order valence-corrected chi connectivity index (χ0v) is 13.1. The van der Waals surface area contributed by atoms with Gasteiger partial charge in [0.1, 0.15) is 6.04 Å². The maximum absolute atomic E-state index is 12.7. The zero-order chi connectivity index (χ0) is 14.7. The maximum Gasteiger partial charge on any atom is 0.246 e. The molecule has 20 heavy (non-hydrogen) atoms. The van der Waals surface area contributed by atoms with Crippen molar-refractivity contribution >= 4 is 23.2 Å². The molecule has 4 nitrogen and oxygen atoms in total. The van der Waals surface area contributed by atoms with Crippen molar-refractivity contribution in [2.75, 3.05) is 0 Å².